The van der Waals surface area contributed by atoms with Gasteiger partial charge in [0.1, 0.15) is 6.54 Å². The largest absolute Gasteiger partial charge is 0.406 e. The minimum Gasteiger partial charge on any atom is -0.327 e. The van der Waals surface area contributed by atoms with Crippen LogP contribution in [-0.4, -0.2) is 34.5 Å². The molecule has 9 heteroatoms. The van der Waals surface area contributed by atoms with Crippen molar-refractivity contribution in [3.8, 4) is 0 Å². The van der Waals surface area contributed by atoms with E-state index in [1.54, 1.807) is 0 Å². The molecule has 5 nitrogen and oxygen atoms in total. The van der Waals surface area contributed by atoms with Crippen molar-refractivity contribution in [1.29, 1.82) is 0 Å². The van der Waals surface area contributed by atoms with E-state index in [0.717, 1.165) is 11.0 Å². The van der Waals surface area contributed by atoms with Crippen molar-refractivity contribution in [1.82, 2.24) is 4.90 Å². The van der Waals surface area contributed by atoms with Crippen LogP contribution in [0.25, 0.3) is 0 Å². The predicted octanol–water partition coefficient (Wildman–Crippen LogP) is 3.52. The van der Waals surface area contributed by atoms with Gasteiger partial charge in [-0.3, -0.25) is 14.9 Å². The van der Waals surface area contributed by atoms with Crippen LogP contribution in [0.3, 0.4) is 0 Å². The SMILES string of the molecule is O=C(c1ccc(Br)c([N+](=O)[O-])c1)N(CC(F)(F)F)C1CC1. The third kappa shape index (κ3) is 3.93. The van der Waals surface area contributed by atoms with Crippen LogP contribution >= 0.6 is 15.9 Å². The zero-order valence-electron chi connectivity index (χ0n) is 10.6. The van der Waals surface area contributed by atoms with Crippen LogP contribution in [0.15, 0.2) is 22.7 Å². The van der Waals surface area contributed by atoms with Crippen LogP contribution in [0, 0.1) is 10.1 Å². The van der Waals surface area contributed by atoms with Crippen LogP contribution in [0.5, 0.6) is 0 Å². The Morgan fingerprint density at radius 1 is 1.43 bits per heavy atom. The van der Waals surface area contributed by atoms with E-state index in [9.17, 15) is 28.1 Å². The summed E-state index contributed by atoms with van der Waals surface area (Å²) in [7, 11) is 0. The van der Waals surface area contributed by atoms with Crippen LogP contribution in [-0.2, 0) is 0 Å². The first-order chi connectivity index (χ1) is 9.69. The minimum atomic E-state index is -4.50. The highest BCUT2D eigenvalue weighted by atomic mass is 79.9. The van der Waals surface area contributed by atoms with Gasteiger partial charge in [-0.25, -0.2) is 0 Å². The molecule has 0 heterocycles. The van der Waals surface area contributed by atoms with Gasteiger partial charge in [0.25, 0.3) is 11.6 Å². The van der Waals surface area contributed by atoms with E-state index in [2.05, 4.69) is 15.9 Å². The van der Waals surface area contributed by atoms with Crippen LogP contribution in [0.4, 0.5) is 18.9 Å². The molecular formula is C12H10BrF3N2O3. The molecule has 1 saturated carbocycles. The van der Waals surface area contributed by atoms with E-state index in [1.807, 2.05) is 0 Å². The van der Waals surface area contributed by atoms with Gasteiger partial charge in [-0.2, -0.15) is 13.2 Å². The second-order valence-corrected chi connectivity index (χ2v) is 5.56. The lowest BCUT2D eigenvalue weighted by atomic mass is 10.1. The first-order valence-corrected chi connectivity index (χ1v) is 6.80. The fourth-order valence-corrected chi connectivity index (χ4v) is 2.29. The number of rotatable bonds is 4. The zero-order chi connectivity index (χ0) is 15.8. The van der Waals surface area contributed by atoms with Crippen molar-refractivity contribution in [3.05, 3.63) is 38.3 Å². The first kappa shape index (κ1) is 15.7. The Morgan fingerprint density at radius 3 is 2.52 bits per heavy atom. The molecule has 1 aliphatic rings. The van der Waals surface area contributed by atoms with Gasteiger partial charge in [0.05, 0.1) is 9.40 Å². The molecule has 0 unspecified atom stereocenters. The van der Waals surface area contributed by atoms with Gasteiger partial charge in [-0.1, -0.05) is 0 Å². The molecule has 2 rings (SSSR count). The standard InChI is InChI=1S/C12H10BrF3N2O3/c13-9-4-1-7(5-10(9)18(20)21)11(19)17(8-2-3-8)6-12(14,15)16/h1,4-5,8H,2-3,6H2. The summed E-state index contributed by atoms with van der Waals surface area (Å²) in [6.07, 6.45) is -3.47. The second-order valence-electron chi connectivity index (χ2n) is 4.70. The van der Waals surface area contributed by atoms with Gasteiger partial charge < -0.3 is 4.90 Å². The molecule has 0 N–H and O–H groups in total. The Hall–Kier alpha value is -1.64. The molecule has 1 aliphatic carbocycles. The van der Waals surface area contributed by atoms with Crippen molar-refractivity contribution in [3.63, 3.8) is 0 Å². The van der Waals surface area contributed by atoms with Gasteiger partial charge in [-0.15, -0.1) is 0 Å². The number of hydrogen-bond donors (Lipinski definition) is 0. The Balaban J connectivity index is 2.29. The highest BCUT2D eigenvalue weighted by Gasteiger charge is 2.41. The smallest absolute Gasteiger partial charge is 0.327 e. The number of hydrogen-bond acceptors (Lipinski definition) is 3. The number of nitro groups is 1. The molecule has 0 saturated heterocycles. The maximum absolute atomic E-state index is 12.5. The molecule has 1 aromatic rings. The molecule has 1 amide bonds. The van der Waals surface area contributed by atoms with Gasteiger partial charge in [0.2, 0.25) is 0 Å². The fraction of sp³-hybridized carbons (Fsp3) is 0.417. The number of benzene rings is 1. The molecule has 1 fully saturated rings. The van der Waals surface area contributed by atoms with Gasteiger partial charge in [0, 0.05) is 17.7 Å². The number of amides is 1. The predicted molar refractivity (Wildman–Crippen MR) is 70.9 cm³/mol. The summed E-state index contributed by atoms with van der Waals surface area (Å²) in [5.41, 5.74) is -0.482. The number of nitrogens with zero attached hydrogens (tertiary/aromatic N) is 2. The quantitative estimate of drug-likeness (QED) is 0.604. The number of carbonyl (C=O) groups excluding carboxylic acids is 1. The van der Waals surface area contributed by atoms with E-state index < -0.39 is 29.6 Å². The molecule has 1 aromatic carbocycles. The summed E-state index contributed by atoms with van der Waals surface area (Å²) >= 11 is 2.96. The van der Waals surface area contributed by atoms with Crippen molar-refractivity contribution in [2.45, 2.75) is 25.1 Å². The molecule has 0 aliphatic heterocycles. The summed E-state index contributed by atoms with van der Waals surface area (Å²) in [6.45, 7) is -1.35. The second kappa shape index (κ2) is 5.63. The average Bonchev–Trinajstić information content (AvgIpc) is 3.18. The van der Waals surface area contributed by atoms with Crippen LogP contribution in [0.2, 0.25) is 0 Å². The van der Waals surface area contributed by atoms with Crippen molar-refractivity contribution in [2.24, 2.45) is 0 Å². The Kier molecular flexibility index (Phi) is 4.22. The molecule has 0 radical (unpaired) electrons. The summed E-state index contributed by atoms with van der Waals surface area (Å²) in [5, 5.41) is 10.8. The summed E-state index contributed by atoms with van der Waals surface area (Å²) < 4.78 is 37.8. The van der Waals surface area contributed by atoms with E-state index in [4.69, 9.17) is 0 Å². The highest BCUT2D eigenvalue weighted by molar-refractivity contribution is 9.10. The molecule has 0 atom stereocenters. The lowest BCUT2D eigenvalue weighted by Gasteiger charge is -2.23. The van der Waals surface area contributed by atoms with E-state index in [0.29, 0.717) is 12.8 Å². The van der Waals surface area contributed by atoms with E-state index in [1.165, 1.54) is 12.1 Å². The first-order valence-electron chi connectivity index (χ1n) is 6.00. The Labute approximate surface area is 126 Å². The van der Waals surface area contributed by atoms with Gasteiger partial charge in [-0.05, 0) is 40.9 Å². The molecule has 0 bridgehead atoms. The van der Waals surface area contributed by atoms with E-state index >= 15 is 0 Å². The molecule has 21 heavy (non-hydrogen) atoms. The van der Waals surface area contributed by atoms with Gasteiger partial charge in [0.15, 0.2) is 0 Å². The molecule has 0 spiro atoms. The normalized spacial score (nSPS) is 14.9. The lowest BCUT2D eigenvalue weighted by molar-refractivity contribution is -0.385. The number of nitro benzene ring substituents is 1. The molecule has 0 aromatic heterocycles. The molecule has 114 valence electrons. The Bertz CT molecular complexity index is 588. The Morgan fingerprint density at radius 2 is 2.05 bits per heavy atom. The van der Waals surface area contributed by atoms with Gasteiger partial charge >= 0.3 is 6.18 Å². The summed E-state index contributed by atoms with van der Waals surface area (Å²) in [6, 6.07) is 3.09. The van der Waals surface area contributed by atoms with Crippen molar-refractivity contribution in [2.75, 3.05) is 6.54 Å². The number of carbonyl (C=O) groups is 1. The van der Waals surface area contributed by atoms with E-state index in [-0.39, 0.29) is 15.7 Å². The van der Waals surface area contributed by atoms with Crippen LogP contribution in [0.1, 0.15) is 23.2 Å². The topological polar surface area (TPSA) is 63.4 Å². The minimum absolute atomic E-state index is 0.124. The summed E-state index contributed by atoms with van der Waals surface area (Å²) in [4.78, 5) is 23.0. The van der Waals surface area contributed by atoms with Crippen molar-refractivity contribution < 1.29 is 22.9 Å². The maximum Gasteiger partial charge on any atom is 0.406 e. The third-order valence-electron chi connectivity index (χ3n) is 2.99. The van der Waals surface area contributed by atoms with Crippen LogP contribution < -0.4 is 0 Å². The highest BCUT2D eigenvalue weighted by Crippen LogP contribution is 2.33. The molecular weight excluding hydrogens is 357 g/mol. The average molecular weight is 367 g/mol. The third-order valence-corrected chi connectivity index (χ3v) is 3.66. The number of alkyl halides is 3. The lowest BCUT2D eigenvalue weighted by Crippen LogP contribution is -2.40. The summed E-state index contributed by atoms with van der Waals surface area (Å²) in [5.74, 6) is -0.842. The number of halogens is 4. The zero-order valence-corrected chi connectivity index (χ0v) is 12.1. The fourth-order valence-electron chi connectivity index (χ4n) is 1.90. The monoisotopic (exact) mass is 366 g/mol. The van der Waals surface area contributed by atoms with Crippen molar-refractivity contribution >= 4 is 27.5 Å². The maximum atomic E-state index is 12.5.